The summed E-state index contributed by atoms with van der Waals surface area (Å²) in [7, 11) is 4.05. The van der Waals surface area contributed by atoms with E-state index in [1.54, 1.807) is 6.07 Å². The zero-order valence-electron chi connectivity index (χ0n) is 12.1. The molecule has 0 radical (unpaired) electrons. The van der Waals surface area contributed by atoms with E-state index in [0.717, 1.165) is 32.2 Å². The maximum absolute atomic E-state index is 6.13. The Bertz CT molecular complexity index is 842. The molecule has 0 fully saturated rings. The lowest BCUT2D eigenvalue weighted by Gasteiger charge is -2.18. The fourth-order valence-electron chi connectivity index (χ4n) is 2.59. The van der Waals surface area contributed by atoms with Crippen LogP contribution < -0.4 is 4.90 Å². The lowest BCUT2D eigenvalue weighted by Crippen LogP contribution is -2.10. The van der Waals surface area contributed by atoms with E-state index in [0.29, 0.717) is 10.0 Å². The average molecular weight is 396 g/mol. The summed E-state index contributed by atoms with van der Waals surface area (Å²) < 4.78 is 1.05. The van der Waals surface area contributed by atoms with Crippen molar-refractivity contribution >= 4 is 55.6 Å². The monoisotopic (exact) mass is 394 g/mol. The summed E-state index contributed by atoms with van der Waals surface area (Å²) in [5.74, 6) is 0. The molecule has 0 bridgehead atoms. The van der Waals surface area contributed by atoms with E-state index in [1.165, 1.54) is 0 Å². The Morgan fingerprint density at radius 2 is 1.64 bits per heavy atom. The Kier molecular flexibility index (Phi) is 4.31. The van der Waals surface area contributed by atoms with Crippen LogP contribution in [0.15, 0.2) is 47.1 Å². The smallest absolute Gasteiger partial charge is 0.0782 e. The van der Waals surface area contributed by atoms with Crippen LogP contribution >= 0.6 is 39.1 Å². The molecule has 5 heteroatoms. The highest BCUT2D eigenvalue weighted by Gasteiger charge is 2.13. The van der Waals surface area contributed by atoms with E-state index in [9.17, 15) is 0 Å². The summed E-state index contributed by atoms with van der Waals surface area (Å²) in [6.45, 7) is 0. The van der Waals surface area contributed by atoms with E-state index in [1.807, 2.05) is 44.6 Å². The van der Waals surface area contributed by atoms with Crippen molar-refractivity contribution < 1.29 is 0 Å². The zero-order chi connectivity index (χ0) is 15.9. The molecule has 0 saturated carbocycles. The number of rotatable bonds is 2. The van der Waals surface area contributed by atoms with Gasteiger partial charge >= 0.3 is 0 Å². The van der Waals surface area contributed by atoms with Crippen molar-refractivity contribution in [2.24, 2.45) is 0 Å². The molecule has 22 heavy (non-hydrogen) atoms. The Labute approximate surface area is 147 Å². The van der Waals surface area contributed by atoms with E-state index < -0.39 is 0 Å². The number of halogens is 3. The fourth-order valence-corrected chi connectivity index (χ4v) is 3.81. The van der Waals surface area contributed by atoms with Crippen LogP contribution in [0.4, 0.5) is 5.69 Å². The predicted molar refractivity (Wildman–Crippen MR) is 99.2 cm³/mol. The molecule has 0 aliphatic rings. The highest BCUT2D eigenvalue weighted by molar-refractivity contribution is 9.10. The van der Waals surface area contributed by atoms with Gasteiger partial charge in [-0.2, -0.15) is 0 Å². The molecule has 0 aliphatic carbocycles. The highest BCUT2D eigenvalue weighted by Crippen LogP contribution is 2.38. The van der Waals surface area contributed by atoms with Gasteiger partial charge in [0.25, 0.3) is 0 Å². The summed E-state index contributed by atoms with van der Waals surface area (Å²) >= 11 is 15.9. The van der Waals surface area contributed by atoms with Gasteiger partial charge in [-0.25, -0.2) is 0 Å². The maximum Gasteiger partial charge on any atom is 0.0782 e. The lowest BCUT2D eigenvalue weighted by atomic mass is 10.0. The molecule has 3 aromatic rings. The first-order chi connectivity index (χ1) is 10.5. The van der Waals surface area contributed by atoms with Crippen molar-refractivity contribution in [1.82, 2.24) is 4.98 Å². The molecule has 112 valence electrons. The van der Waals surface area contributed by atoms with E-state index >= 15 is 0 Å². The van der Waals surface area contributed by atoms with Gasteiger partial charge in [-0.3, -0.25) is 4.98 Å². The van der Waals surface area contributed by atoms with Gasteiger partial charge in [-0.15, -0.1) is 0 Å². The van der Waals surface area contributed by atoms with Crippen LogP contribution in [0, 0.1) is 0 Å². The number of hydrogen-bond donors (Lipinski definition) is 0. The quantitative estimate of drug-likeness (QED) is 0.525. The molecule has 0 amide bonds. The van der Waals surface area contributed by atoms with Gasteiger partial charge in [0.15, 0.2) is 0 Å². The van der Waals surface area contributed by atoms with Crippen LogP contribution in [-0.2, 0) is 0 Å². The van der Waals surface area contributed by atoms with Crippen molar-refractivity contribution in [3.05, 3.63) is 57.1 Å². The van der Waals surface area contributed by atoms with Gasteiger partial charge in [0, 0.05) is 51.1 Å². The lowest BCUT2D eigenvalue weighted by molar-refractivity contribution is 1.13. The molecule has 3 rings (SSSR count). The van der Waals surface area contributed by atoms with Crippen molar-refractivity contribution in [2.45, 2.75) is 0 Å². The Hall–Kier alpha value is -1.29. The van der Waals surface area contributed by atoms with Crippen LogP contribution in [-0.4, -0.2) is 19.1 Å². The van der Waals surface area contributed by atoms with E-state index in [-0.39, 0.29) is 0 Å². The van der Waals surface area contributed by atoms with Crippen LogP contribution in [0.3, 0.4) is 0 Å². The Balaban J connectivity index is 2.34. The molecule has 2 nitrogen and oxygen atoms in total. The molecule has 1 aromatic heterocycles. The zero-order valence-corrected chi connectivity index (χ0v) is 15.2. The number of pyridine rings is 1. The maximum atomic E-state index is 6.13. The summed E-state index contributed by atoms with van der Waals surface area (Å²) in [6, 6.07) is 11.6. The van der Waals surface area contributed by atoms with Crippen molar-refractivity contribution in [3.63, 3.8) is 0 Å². The van der Waals surface area contributed by atoms with Crippen molar-refractivity contribution in [3.8, 4) is 11.3 Å². The number of fused-ring (bicyclic) bond motifs is 1. The predicted octanol–water partition coefficient (Wildman–Crippen LogP) is 6.04. The topological polar surface area (TPSA) is 16.1 Å². The molecular weight excluding hydrogens is 383 g/mol. The number of aromatic nitrogens is 1. The number of benzene rings is 2. The summed E-state index contributed by atoms with van der Waals surface area (Å²) in [5, 5.41) is 3.39. The Morgan fingerprint density at radius 1 is 0.955 bits per heavy atom. The van der Waals surface area contributed by atoms with Gasteiger partial charge in [0.05, 0.1) is 11.4 Å². The summed E-state index contributed by atoms with van der Waals surface area (Å²) in [4.78, 5) is 6.62. The number of nitrogens with zero attached hydrogens (tertiary/aromatic N) is 2. The first-order valence-electron chi connectivity index (χ1n) is 6.68. The van der Waals surface area contributed by atoms with Gasteiger partial charge < -0.3 is 4.90 Å². The fraction of sp³-hybridized carbons (Fsp3) is 0.118. The molecule has 0 unspecified atom stereocenters. The summed E-state index contributed by atoms with van der Waals surface area (Å²) in [6.07, 6.45) is 1.81. The minimum atomic E-state index is 0.603. The first-order valence-corrected chi connectivity index (χ1v) is 8.23. The Morgan fingerprint density at radius 3 is 2.27 bits per heavy atom. The van der Waals surface area contributed by atoms with E-state index in [4.69, 9.17) is 23.2 Å². The van der Waals surface area contributed by atoms with Crippen molar-refractivity contribution in [2.75, 3.05) is 19.0 Å². The minimum absolute atomic E-state index is 0.603. The van der Waals surface area contributed by atoms with Crippen LogP contribution in [0.25, 0.3) is 22.0 Å². The van der Waals surface area contributed by atoms with Gasteiger partial charge in [0.1, 0.15) is 0 Å². The number of anilines is 1. The van der Waals surface area contributed by atoms with Gasteiger partial charge in [-0.05, 0) is 46.3 Å². The van der Waals surface area contributed by atoms with Crippen molar-refractivity contribution in [1.29, 1.82) is 0 Å². The van der Waals surface area contributed by atoms with Crippen LogP contribution in [0.2, 0.25) is 10.0 Å². The molecular formula is C17H13BrCl2N2. The molecule has 0 aliphatic heterocycles. The average Bonchev–Trinajstić information content (AvgIpc) is 2.44. The third-order valence-corrected chi connectivity index (χ3v) is 4.53. The summed E-state index contributed by atoms with van der Waals surface area (Å²) in [5.41, 5.74) is 2.90. The second-order valence-corrected chi connectivity index (χ2v) is 6.93. The van der Waals surface area contributed by atoms with Crippen LogP contribution in [0.5, 0.6) is 0 Å². The molecule has 0 spiro atoms. The van der Waals surface area contributed by atoms with Gasteiger partial charge in [0.2, 0.25) is 0 Å². The van der Waals surface area contributed by atoms with Crippen LogP contribution in [0.1, 0.15) is 0 Å². The molecule has 2 aromatic carbocycles. The second kappa shape index (κ2) is 6.07. The standard InChI is InChI=1S/C17H13BrCl2N2/c1-22(2)17-14-5-6-21-16(13(14)3-4-15(17)18)10-7-11(19)9-12(20)8-10/h3-9H,1-2H3. The highest BCUT2D eigenvalue weighted by atomic mass is 79.9. The molecule has 0 saturated heterocycles. The second-order valence-electron chi connectivity index (χ2n) is 5.20. The normalized spacial score (nSPS) is 11.0. The third kappa shape index (κ3) is 2.81. The SMILES string of the molecule is CN(C)c1c(Br)ccc2c(-c3cc(Cl)cc(Cl)c3)nccc12. The third-order valence-electron chi connectivity index (χ3n) is 3.45. The molecule has 0 N–H and O–H groups in total. The van der Waals surface area contributed by atoms with E-state index in [2.05, 4.69) is 31.9 Å². The minimum Gasteiger partial charge on any atom is -0.376 e. The largest absolute Gasteiger partial charge is 0.376 e. The molecule has 1 heterocycles. The first kappa shape index (κ1) is 15.6. The molecule has 0 atom stereocenters. The van der Waals surface area contributed by atoms with Gasteiger partial charge in [-0.1, -0.05) is 29.3 Å². The number of hydrogen-bond acceptors (Lipinski definition) is 2.